The average Bonchev–Trinajstić information content (AvgIpc) is 2.46. The molecule has 0 fully saturated rings. The maximum absolute atomic E-state index is 13.5. The van der Waals surface area contributed by atoms with Crippen LogP contribution >= 0.6 is 11.6 Å². The number of halogens is 2. The predicted molar refractivity (Wildman–Crippen MR) is 81.1 cm³/mol. The van der Waals surface area contributed by atoms with Gasteiger partial charge in [-0.05, 0) is 48.4 Å². The molecule has 5 heteroatoms. The number of rotatable bonds is 5. The largest absolute Gasteiger partial charge is 0.479 e. The van der Waals surface area contributed by atoms with Crippen LogP contribution in [0.4, 0.5) is 10.1 Å². The summed E-state index contributed by atoms with van der Waals surface area (Å²) in [7, 11) is 0. The van der Waals surface area contributed by atoms with Gasteiger partial charge in [0.15, 0.2) is 5.54 Å². The van der Waals surface area contributed by atoms with Gasteiger partial charge in [0.25, 0.3) is 0 Å². The molecule has 0 aliphatic carbocycles. The molecule has 0 heterocycles. The Morgan fingerprint density at radius 1 is 1.29 bits per heavy atom. The van der Waals surface area contributed by atoms with E-state index in [-0.39, 0.29) is 6.42 Å². The summed E-state index contributed by atoms with van der Waals surface area (Å²) < 4.78 is 13.5. The second-order valence-corrected chi connectivity index (χ2v) is 5.14. The highest BCUT2D eigenvalue weighted by Gasteiger charge is 2.39. The van der Waals surface area contributed by atoms with Crippen molar-refractivity contribution in [1.29, 1.82) is 0 Å². The van der Waals surface area contributed by atoms with Crippen LogP contribution in [0.15, 0.2) is 48.5 Å². The van der Waals surface area contributed by atoms with Crippen molar-refractivity contribution in [2.45, 2.75) is 18.9 Å². The highest BCUT2D eigenvalue weighted by Crippen LogP contribution is 2.31. The third-order valence-corrected chi connectivity index (χ3v) is 3.67. The van der Waals surface area contributed by atoms with E-state index in [1.807, 2.05) is 0 Å². The standard InChI is InChI=1S/C16H15ClFNO2/c1-2-16(15(20)21,11-4-3-5-13(18)10-11)19-14-8-6-12(17)7-9-14/h3-10,19H,2H2,1H3,(H,20,21). The highest BCUT2D eigenvalue weighted by molar-refractivity contribution is 6.30. The maximum atomic E-state index is 13.5. The number of benzene rings is 2. The number of hydrogen-bond donors (Lipinski definition) is 2. The molecule has 0 amide bonds. The fourth-order valence-electron chi connectivity index (χ4n) is 2.23. The molecule has 2 N–H and O–H groups in total. The Hall–Kier alpha value is -2.07. The Balaban J connectivity index is 2.46. The minimum Gasteiger partial charge on any atom is -0.479 e. The molecule has 0 aliphatic rings. The van der Waals surface area contributed by atoms with Gasteiger partial charge in [-0.1, -0.05) is 30.7 Å². The smallest absolute Gasteiger partial charge is 0.334 e. The van der Waals surface area contributed by atoms with Crippen LogP contribution in [0.2, 0.25) is 5.02 Å². The van der Waals surface area contributed by atoms with E-state index in [2.05, 4.69) is 5.32 Å². The van der Waals surface area contributed by atoms with E-state index in [1.165, 1.54) is 18.2 Å². The second-order valence-electron chi connectivity index (χ2n) is 4.71. The molecule has 3 nitrogen and oxygen atoms in total. The molecule has 1 atom stereocenters. The van der Waals surface area contributed by atoms with Gasteiger partial charge in [0.1, 0.15) is 5.82 Å². The van der Waals surface area contributed by atoms with Gasteiger partial charge < -0.3 is 10.4 Å². The van der Waals surface area contributed by atoms with Gasteiger partial charge in [0, 0.05) is 10.7 Å². The van der Waals surface area contributed by atoms with Crippen molar-refractivity contribution in [3.05, 3.63) is 64.9 Å². The van der Waals surface area contributed by atoms with Crippen LogP contribution in [0, 0.1) is 5.82 Å². The molecule has 21 heavy (non-hydrogen) atoms. The van der Waals surface area contributed by atoms with E-state index in [4.69, 9.17) is 11.6 Å². The number of carboxylic acid groups (broad SMARTS) is 1. The zero-order valence-electron chi connectivity index (χ0n) is 11.4. The van der Waals surface area contributed by atoms with Crippen LogP contribution in [-0.2, 0) is 10.3 Å². The fraction of sp³-hybridized carbons (Fsp3) is 0.188. The van der Waals surface area contributed by atoms with Crippen LogP contribution in [-0.4, -0.2) is 11.1 Å². The third kappa shape index (κ3) is 3.16. The molecule has 0 bridgehead atoms. The molecular weight excluding hydrogens is 293 g/mol. The third-order valence-electron chi connectivity index (χ3n) is 3.41. The molecule has 0 aliphatic heterocycles. The SMILES string of the molecule is CCC(Nc1ccc(Cl)cc1)(C(=O)O)c1cccc(F)c1. The quantitative estimate of drug-likeness (QED) is 0.866. The first-order valence-corrected chi connectivity index (χ1v) is 6.89. The van der Waals surface area contributed by atoms with Crippen molar-refractivity contribution in [2.24, 2.45) is 0 Å². The van der Waals surface area contributed by atoms with Gasteiger partial charge in [-0.2, -0.15) is 0 Å². The lowest BCUT2D eigenvalue weighted by Crippen LogP contribution is -2.43. The lowest BCUT2D eigenvalue weighted by Gasteiger charge is -2.31. The van der Waals surface area contributed by atoms with Crippen LogP contribution in [0.1, 0.15) is 18.9 Å². The first kappa shape index (κ1) is 15.3. The van der Waals surface area contributed by atoms with Crippen LogP contribution in [0.5, 0.6) is 0 Å². The lowest BCUT2D eigenvalue weighted by atomic mass is 9.86. The van der Waals surface area contributed by atoms with Gasteiger partial charge >= 0.3 is 5.97 Å². The zero-order valence-corrected chi connectivity index (χ0v) is 12.2. The van der Waals surface area contributed by atoms with E-state index >= 15 is 0 Å². The van der Waals surface area contributed by atoms with Crippen LogP contribution in [0.3, 0.4) is 0 Å². The topological polar surface area (TPSA) is 49.3 Å². The van der Waals surface area contributed by atoms with Gasteiger partial charge in [-0.15, -0.1) is 0 Å². The van der Waals surface area contributed by atoms with E-state index in [0.29, 0.717) is 16.3 Å². The second kappa shape index (κ2) is 6.14. The van der Waals surface area contributed by atoms with E-state index < -0.39 is 17.3 Å². The minimum absolute atomic E-state index is 0.258. The van der Waals surface area contributed by atoms with E-state index in [9.17, 15) is 14.3 Å². The Labute approximate surface area is 127 Å². The highest BCUT2D eigenvalue weighted by atomic mass is 35.5. The van der Waals surface area contributed by atoms with Crippen LogP contribution < -0.4 is 5.32 Å². The van der Waals surface area contributed by atoms with Crippen molar-refractivity contribution < 1.29 is 14.3 Å². The number of carboxylic acids is 1. The molecular formula is C16H15ClFNO2. The Bertz CT molecular complexity index is 645. The van der Waals surface area contributed by atoms with Crippen molar-refractivity contribution >= 4 is 23.3 Å². The van der Waals surface area contributed by atoms with Crippen molar-refractivity contribution in [2.75, 3.05) is 5.32 Å². The number of carbonyl (C=O) groups is 1. The Kier molecular flexibility index (Phi) is 4.48. The summed E-state index contributed by atoms with van der Waals surface area (Å²) >= 11 is 5.82. The van der Waals surface area contributed by atoms with E-state index in [1.54, 1.807) is 37.3 Å². The number of hydrogen-bond acceptors (Lipinski definition) is 2. The summed E-state index contributed by atoms with van der Waals surface area (Å²) in [5, 5.41) is 13.2. The van der Waals surface area contributed by atoms with Gasteiger partial charge in [0.2, 0.25) is 0 Å². The number of anilines is 1. The molecule has 110 valence electrons. The zero-order chi connectivity index (χ0) is 15.5. The first-order chi connectivity index (χ1) is 9.98. The maximum Gasteiger partial charge on any atom is 0.334 e. The van der Waals surface area contributed by atoms with Crippen molar-refractivity contribution in [3.63, 3.8) is 0 Å². The fourth-order valence-corrected chi connectivity index (χ4v) is 2.35. The van der Waals surface area contributed by atoms with Crippen molar-refractivity contribution in [1.82, 2.24) is 0 Å². The van der Waals surface area contributed by atoms with Crippen molar-refractivity contribution in [3.8, 4) is 0 Å². The number of aliphatic carboxylic acids is 1. The minimum atomic E-state index is -1.39. The molecule has 0 aromatic heterocycles. The summed E-state index contributed by atoms with van der Waals surface area (Å²) in [6.07, 6.45) is 0.258. The summed E-state index contributed by atoms with van der Waals surface area (Å²) in [5.74, 6) is -1.53. The Morgan fingerprint density at radius 3 is 2.48 bits per heavy atom. The molecule has 2 rings (SSSR count). The van der Waals surface area contributed by atoms with Gasteiger partial charge in [-0.3, -0.25) is 0 Å². The summed E-state index contributed by atoms with van der Waals surface area (Å²) in [5.41, 5.74) is -0.420. The average molecular weight is 308 g/mol. The molecule has 0 saturated heterocycles. The molecule has 2 aromatic rings. The lowest BCUT2D eigenvalue weighted by molar-refractivity contribution is -0.142. The summed E-state index contributed by atoms with van der Waals surface area (Å²) in [6.45, 7) is 1.74. The molecule has 1 unspecified atom stereocenters. The molecule has 0 spiro atoms. The predicted octanol–water partition coefficient (Wildman–Crippen LogP) is 4.28. The van der Waals surface area contributed by atoms with Gasteiger partial charge in [0.05, 0.1) is 0 Å². The Morgan fingerprint density at radius 2 is 1.95 bits per heavy atom. The number of nitrogens with one attached hydrogen (secondary N) is 1. The monoisotopic (exact) mass is 307 g/mol. The summed E-state index contributed by atoms with van der Waals surface area (Å²) in [6, 6.07) is 12.3. The molecule has 0 radical (unpaired) electrons. The first-order valence-electron chi connectivity index (χ1n) is 6.51. The molecule has 2 aromatic carbocycles. The molecule has 0 saturated carbocycles. The van der Waals surface area contributed by atoms with Crippen LogP contribution in [0.25, 0.3) is 0 Å². The summed E-state index contributed by atoms with van der Waals surface area (Å²) in [4.78, 5) is 11.8. The normalized spacial score (nSPS) is 13.5. The van der Waals surface area contributed by atoms with E-state index in [0.717, 1.165) is 0 Å². The van der Waals surface area contributed by atoms with Gasteiger partial charge in [-0.25, -0.2) is 9.18 Å².